The second-order valence-corrected chi connectivity index (χ2v) is 15.9. The summed E-state index contributed by atoms with van der Waals surface area (Å²) in [5.74, 6) is -0.286. The van der Waals surface area contributed by atoms with Gasteiger partial charge in [0.05, 0.1) is 13.4 Å². The van der Waals surface area contributed by atoms with Crippen LogP contribution < -0.4 is 19.5 Å². The van der Waals surface area contributed by atoms with Crippen LogP contribution in [0.4, 0.5) is 5.69 Å². The lowest BCUT2D eigenvalue weighted by Crippen LogP contribution is -2.49. The van der Waals surface area contributed by atoms with E-state index in [1.54, 1.807) is 29.2 Å². The summed E-state index contributed by atoms with van der Waals surface area (Å²) in [7, 11) is -1.85. The van der Waals surface area contributed by atoms with Gasteiger partial charge in [0.15, 0.2) is 11.5 Å². The number of carboxylic acids is 1. The molecule has 0 saturated carbocycles. The summed E-state index contributed by atoms with van der Waals surface area (Å²) in [5, 5.41) is 23.7. The molecule has 4 aromatic heterocycles. The number of aromatic carboxylic acids is 1. The molecule has 0 radical (unpaired) electrons. The van der Waals surface area contributed by atoms with Crippen LogP contribution in [0.1, 0.15) is 81.9 Å². The number of aromatic amines is 2. The number of aromatic nitrogens is 8. The van der Waals surface area contributed by atoms with Crippen molar-refractivity contribution in [3.8, 4) is 17.1 Å². The average Bonchev–Trinajstić information content (AvgIpc) is 3.79. The van der Waals surface area contributed by atoms with Gasteiger partial charge in [-0.2, -0.15) is 4.63 Å². The number of ether oxygens (including phenoxy) is 1. The Balaban J connectivity index is 0.000000197. The molecule has 266 valence electrons. The number of hydrogen-bond acceptors (Lipinski definition) is 8. The summed E-state index contributed by atoms with van der Waals surface area (Å²) in [6.07, 6.45) is 2.92. The van der Waals surface area contributed by atoms with E-state index in [0.717, 1.165) is 28.9 Å². The molecule has 0 saturated heterocycles. The van der Waals surface area contributed by atoms with Gasteiger partial charge in [-0.15, -0.1) is 9.78 Å². The number of anilines is 1. The SMILES string of the molecule is CC(NCc1cccc(NS(C)(=O)=O)c1)[n+]1cnc2cc(C(C)(C)C)[nH]n21.COc1ccc(-c2nc3cc(C(C)(C)C)[nH]n3n2)cc1C(=O)O. The van der Waals surface area contributed by atoms with Crippen molar-refractivity contribution in [2.45, 2.75) is 72.0 Å². The zero-order chi connectivity index (χ0) is 36.6. The molecule has 1 atom stereocenters. The highest BCUT2D eigenvalue weighted by molar-refractivity contribution is 7.92. The fourth-order valence-corrected chi connectivity index (χ4v) is 5.66. The van der Waals surface area contributed by atoms with E-state index >= 15 is 0 Å². The quantitative estimate of drug-likeness (QED) is 0.133. The molecule has 0 bridgehead atoms. The van der Waals surface area contributed by atoms with Crippen molar-refractivity contribution in [2.75, 3.05) is 18.1 Å². The molecule has 4 heterocycles. The fraction of sp³-hybridized carbons (Fsp3) is 0.382. The summed E-state index contributed by atoms with van der Waals surface area (Å²) in [5.41, 5.74) is 5.94. The molecule has 0 fully saturated rings. The summed E-state index contributed by atoms with van der Waals surface area (Å²) < 4.78 is 35.9. The Kier molecular flexibility index (Phi) is 9.80. The fourth-order valence-electron chi connectivity index (χ4n) is 5.10. The van der Waals surface area contributed by atoms with Crippen LogP contribution in [-0.4, -0.2) is 67.4 Å². The molecule has 0 spiro atoms. The smallest absolute Gasteiger partial charge is 0.339 e. The maximum Gasteiger partial charge on any atom is 0.339 e. The predicted octanol–water partition coefficient (Wildman–Crippen LogP) is 4.66. The number of benzene rings is 2. The van der Waals surface area contributed by atoms with Crippen LogP contribution in [0.3, 0.4) is 0 Å². The van der Waals surface area contributed by atoms with Crippen molar-refractivity contribution < 1.29 is 27.7 Å². The second-order valence-electron chi connectivity index (χ2n) is 14.2. The molecular formula is C34H45N10O5S+. The van der Waals surface area contributed by atoms with Gasteiger partial charge in [0.25, 0.3) is 5.65 Å². The minimum Gasteiger partial charge on any atom is -0.496 e. The number of fused-ring (bicyclic) bond motifs is 2. The van der Waals surface area contributed by atoms with Crippen LogP contribution in [0.15, 0.2) is 60.9 Å². The van der Waals surface area contributed by atoms with E-state index in [0.29, 0.717) is 35.0 Å². The van der Waals surface area contributed by atoms with Crippen molar-refractivity contribution >= 4 is 33.0 Å². The molecule has 5 N–H and O–H groups in total. The topological polar surface area (TPSA) is 188 Å². The van der Waals surface area contributed by atoms with E-state index in [4.69, 9.17) is 4.74 Å². The standard InChI is InChI=1S/C18H26N6O2S.C16H18N4O3/c1-13(19-11-14-7-6-8-15(9-14)22-27(5,25)26)23-12-20-17-10-16(18(2,3)4)21-24(17)23;1-16(2,3)12-8-13-17-14(19-20(13)18-12)9-5-6-11(23-4)10(7-9)15(21)22/h6-10,12-13,19,22H,11H2,1-5H3;5-8,18H,1-4H3,(H,21,22)/p+1. The Morgan fingerprint density at radius 3 is 2.30 bits per heavy atom. The van der Waals surface area contributed by atoms with Gasteiger partial charge >= 0.3 is 5.97 Å². The van der Waals surface area contributed by atoms with Gasteiger partial charge in [-0.1, -0.05) is 63.3 Å². The highest BCUT2D eigenvalue weighted by Crippen LogP contribution is 2.27. The Bertz CT molecular complexity index is 2220. The first-order valence-corrected chi connectivity index (χ1v) is 17.9. The van der Waals surface area contributed by atoms with Crippen LogP contribution in [0, 0.1) is 0 Å². The normalized spacial score (nSPS) is 12.9. The largest absolute Gasteiger partial charge is 0.496 e. The molecule has 0 aliphatic rings. The van der Waals surface area contributed by atoms with E-state index in [1.165, 1.54) is 13.2 Å². The lowest BCUT2D eigenvalue weighted by atomic mass is 9.93. The summed E-state index contributed by atoms with van der Waals surface area (Å²) in [6.45, 7) is 15.4. The molecule has 6 rings (SSSR count). The third kappa shape index (κ3) is 8.31. The highest BCUT2D eigenvalue weighted by atomic mass is 32.2. The number of hydrogen-bond donors (Lipinski definition) is 5. The molecule has 0 aliphatic heterocycles. The maximum atomic E-state index is 11.4. The van der Waals surface area contributed by atoms with Crippen LogP contribution >= 0.6 is 0 Å². The molecule has 15 nitrogen and oxygen atoms in total. The number of nitrogens with zero attached hydrogens (tertiary/aromatic N) is 6. The first kappa shape index (κ1) is 36.1. The molecule has 6 aromatic rings. The second kappa shape index (κ2) is 13.6. The number of nitrogens with one attached hydrogen (secondary N) is 4. The van der Waals surface area contributed by atoms with Crippen molar-refractivity contribution in [1.82, 2.24) is 39.8 Å². The summed E-state index contributed by atoms with van der Waals surface area (Å²) in [6, 6.07) is 16.2. The molecule has 0 aliphatic carbocycles. The van der Waals surface area contributed by atoms with Crippen molar-refractivity contribution in [3.05, 3.63) is 83.4 Å². The van der Waals surface area contributed by atoms with Gasteiger partial charge < -0.3 is 9.84 Å². The van der Waals surface area contributed by atoms with Crippen LogP contribution in [0.25, 0.3) is 22.7 Å². The zero-order valence-electron chi connectivity index (χ0n) is 29.7. The number of carboxylic acid groups (broad SMARTS) is 1. The Labute approximate surface area is 290 Å². The minimum atomic E-state index is -3.29. The molecule has 1 unspecified atom stereocenters. The number of carbonyl (C=O) groups is 1. The molecule has 0 amide bonds. The van der Waals surface area contributed by atoms with Crippen molar-refractivity contribution in [1.29, 1.82) is 0 Å². The monoisotopic (exact) mass is 705 g/mol. The molecular weight excluding hydrogens is 661 g/mol. The molecule has 2 aromatic carbocycles. The van der Waals surface area contributed by atoms with Gasteiger partial charge in [0, 0.05) is 46.5 Å². The molecule has 16 heteroatoms. The van der Waals surface area contributed by atoms with Crippen LogP contribution in [0.5, 0.6) is 5.75 Å². The van der Waals surface area contributed by atoms with E-state index in [2.05, 4.69) is 82.9 Å². The van der Waals surface area contributed by atoms with Gasteiger partial charge in [-0.05, 0) is 42.8 Å². The summed E-state index contributed by atoms with van der Waals surface area (Å²) >= 11 is 0. The van der Waals surface area contributed by atoms with E-state index in [9.17, 15) is 18.3 Å². The average molecular weight is 706 g/mol. The van der Waals surface area contributed by atoms with Gasteiger partial charge in [-0.3, -0.25) is 15.1 Å². The van der Waals surface area contributed by atoms with E-state index in [1.807, 2.05) is 40.5 Å². The number of H-pyrrole nitrogens is 2. The third-order valence-corrected chi connectivity index (χ3v) is 8.53. The Morgan fingerprint density at radius 1 is 1.00 bits per heavy atom. The van der Waals surface area contributed by atoms with Gasteiger partial charge in [0.1, 0.15) is 23.2 Å². The third-order valence-electron chi connectivity index (χ3n) is 7.92. The predicted molar refractivity (Wildman–Crippen MR) is 190 cm³/mol. The van der Waals surface area contributed by atoms with E-state index < -0.39 is 16.0 Å². The van der Waals surface area contributed by atoms with Gasteiger partial charge in [0.2, 0.25) is 16.4 Å². The number of methoxy groups -OCH3 is 1. The Hall–Kier alpha value is -5.22. The van der Waals surface area contributed by atoms with Crippen LogP contribution in [-0.2, 0) is 27.4 Å². The Morgan fingerprint density at radius 2 is 1.68 bits per heavy atom. The first-order valence-electron chi connectivity index (χ1n) is 16.0. The van der Waals surface area contributed by atoms with Crippen molar-refractivity contribution in [3.63, 3.8) is 0 Å². The van der Waals surface area contributed by atoms with Crippen LogP contribution in [0.2, 0.25) is 0 Å². The minimum absolute atomic E-state index is 0.0157. The molecule has 50 heavy (non-hydrogen) atoms. The lowest BCUT2D eigenvalue weighted by Gasteiger charge is -2.14. The maximum absolute atomic E-state index is 11.4. The lowest BCUT2D eigenvalue weighted by molar-refractivity contribution is -0.791. The highest BCUT2D eigenvalue weighted by Gasteiger charge is 2.24. The van der Waals surface area contributed by atoms with E-state index in [-0.39, 0.29) is 22.6 Å². The number of rotatable bonds is 9. The summed E-state index contributed by atoms with van der Waals surface area (Å²) in [4.78, 5) is 20.2. The number of sulfonamides is 1. The van der Waals surface area contributed by atoms with Crippen molar-refractivity contribution in [2.24, 2.45) is 0 Å². The van der Waals surface area contributed by atoms with Gasteiger partial charge in [-0.25, -0.2) is 23.3 Å². The first-order chi connectivity index (χ1) is 23.3. The zero-order valence-corrected chi connectivity index (χ0v) is 30.5.